The van der Waals surface area contributed by atoms with Gasteiger partial charge in [0.25, 0.3) is 0 Å². The molecule has 1 atom stereocenters. The van der Waals surface area contributed by atoms with Crippen LogP contribution >= 0.6 is 0 Å². The molecule has 0 spiro atoms. The number of aryl methyl sites for hydroxylation is 1. The minimum Gasteiger partial charge on any atom is -0.494 e. The van der Waals surface area contributed by atoms with Crippen molar-refractivity contribution in [2.24, 2.45) is 0 Å². The van der Waals surface area contributed by atoms with E-state index >= 15 is 0 Å². The number of aliphatic hydroxyl groups is 1. The number of benzene rings is 1. The fourth-order valence-corrected chi connectivity index (χ4v) is 2.20. The molecule has 0 fully saturated rings. The molecule has 114 valence electrons. The summed E-state index contributed by atoms with van der Waals surface area (Å²) < 4.78 is 5.74. The number of aliphatic hydroxyl groups excluding tert-OH is 1. The summed E-state index contributed by atoms with van der Waals surface area (Å²) in [4.78, 5) is 0. The van der Waals surface area contributed by atoms with Crippen molar-refractivity contribution in [1.29, 1.82) is 0 Å². The lowest BCUT2D eigenvalue weighted by Gasteiger charge is -2.08. The Kier molecular flexibility index (Phi) is 9.14. The van der Waals surface area contributed by atoms with Crippen molar-refractivity contribution in [3.05, 3.63) is 29.8 Å². The molecular weight excluding hydrogens is 248 g/mol. The molecule has 0 aliphatic carbocycles. The van der Waals surface area contributed by atoms with Crippen LogP contribution < -0.4 is 4.74 Å². The molecule has 0 saturated carbocycles. The van der Waals surface area contributed by atoms with Crippen LogP contribution in [0.3, 0.4) is 0 Å². The topological polar surface area (TPSA) is 29.5 Å². The summed E-state index contributed by atoms with van der Waals surface area (Å²) in [5, 5.41) is 9.26. The normalized spacial score (nSPS) is 12.3. The maximum absolute atomic E-state index is 9.26. The van der Waals surface area contributed by atoms with Gasteiger partial charge in [-0.3, -0.25) is 0 Å². The molecule has 1 aromatic rings. The zero-order chi connectivity index (χ0) is 14.6. The highest BCUT2D eigenvalue weighted by Crippen LogP contribution is 2.15. The maximum Gasteiger partial charge on any atom is 0.119 e. The van der Waals surface area contributed by atoms with Crippen LogP contribution in [0.25, 0.3) is 0 Å². The van der Waals surface area contributed by atoms with E-state index in [9.17, 15) is 5.11 Å². The van der Waals surface area contributed by atoms with Crippen molar-refractivity contribution in [2.75, 3.05) is 6.61 Å². The Bertz CT molecular complexity index is 330. The Morgan fingerprint density at radius 1 is 1.00 bits per heavy atom. The van der Waals surface area contributed by atoms with Gasteiger partial charge in [0.05, 0.1) is 12.7 Å². The predicted molar refractivity (Wildman–Crippen MR) is 85.3 cm³/mol. The Hall–Kier alpha value is -1.02. The van der Waals surface area contributed by atoms with Gasteiger partial charge in [-0.2, -0.15) is 0 Å². The molecule has 1 unspecified atom stereocenters. The minimum atomic E-state index is -0.223. The van der Waals surface area contributed by atoms with Gasteiger partial charge < -0.3 is 9.84 Å². The molecule has 0 amide bonds. The summed E-state index contributed by atoms with van der Waals surface area (Å²) in [5.74, 6) is 0.958. The molecule has 0 aromatic heterocycles. The van der Waals surface area contributed by atoms with Crippen LogP contribution in [0.15, 0.2) is 24.3 Å². The van der Waals surface area contributed by atoms with E-state index in [0.717, 1.165) is 31.6 Å². The Balaban J connectivity index is 2.12. The fourth-order valence-electron chi connectivity index (χ4n) is 2.20. The average Bonchev–Trinajstić information content (AvgIpc) is 2.45. The molecule has 0 radical (unpaired) electrons. The summed E-state index contributed by atoms with van der Waals surface area (Å²) >= 11 is 0. The van der Waals surface area contributed by atoms with Crippen molar-refractivity contribution in [1.82, 2.24) is 0 Å². The Labute approximate surface area is 124 Å². The van der Waals surface area contributed by atoms with E-state index in [1.807, 2.05) is 19.1 Å². The number of ether oxygens (including phenoxy) is 1. The maximum atomic E-state index is 9.26. The molecule has 0 heterocycles. The number of rotatable bonds is 11. The van der Waals surface area contributed by atoms with Gasteiger partial charge in [0.2, 0.25) is 0 Å². The number of hydrogen-bond acceptors (Lipinski definition) is 2. The first-order chi connectivity index (χ1) is 9.72. The van der Waals surface area contributed by atoms with E-state index in [-0.39, 0.29) is 6.10 Å². The zero-order valence-corrected chi connectivity index (χ0v) is 13.1. The van der Waals surface area contributed by atoms with Crippen molar-refractivity contribution < 1.29 is 9.84 Å². The third kappa shape index (κ3) is 8.21. The van der Waals surface area contributed by atoms with E-state index in [1.54, 1.807) is 0 Å². The predicted octanol–water partition coefficient (Wildman–Crippen LogP) is 4.74. The molecule has 1 aromatic carbocycles. The number of hydrogen-bond donors (Lipinski definition) is 1. The summed E-state index contributed by atoms with van der Waals surface area (Å²) in [6.07, 6.45) is 9.28. The highest BCUT2D eigenvalue weighted by Gasteiger charge is 1.99. The molecule has 2 heteroatoms. The van der Waals surface area contributed by atoms with E-state index in [4.69, 9.17) is 4.74 Å². The van der Waals surface area contributed by atoms with Gasteiger partial charge in [-0.1, -0.05) is 51.2 Å². The van der Waals surface area contributed by atoms with Gasteiger partial charge in [0.15, 0.2) is 0 Å². The monoisotopic (exact) mass is 278 g/mol. The lowest BCUT2D eigenvalue weighted by Crippen LogP contribution is -2.01. The third-order valence-corrected chi connectivity index (χ3v) is 3.54. The van der Waals surface area contributed by atoms with Gasteiger partial charge in [0, 0.05) is 0 Å². The molecule has 0 aliphatic heterocycles. The smallest absolute Gasteiger partial charge is 0.119 e. The van der Waals surface area contributed by atoms with Crippen molar-refractivity contribution >= 4 is 0 Å². The second-order valence-corrected chi connectivity index (χ2v) is 5.65. The molecular formula is C18H30O2. The van der Waals surface area contributed by atoms with Crippen molar-refractivity contribution in [3.63, 3.8) is 0 Å². The summed E-state index contributed by atoms with van der Waals surface area (Å²) in [5.41, 5.74) is 1.26. The van der Waals surface area contributed by atoms with Gasteiger partial charge in [-0.05, 0) is 43.9 Å². The highest BCUT2D eigenvalue weighted by atomic mass is 16.5. The van der Waals surface area contributed by atoms with Crippen molar-refractivity contribution in [2.45, 2.75) is 71.3 Å². The first-order valence-corrected chi connectivity index (χ1v) is 8.12. The average molecular weight is 278 g/mol. The van der Waals surface area contributed by atoms with Crippen LogP contribution in [0.2, 0.25) is 0 Å². The van der Waals surface area contributed by atoms with Crippen LogP contribution in [0.5, 0.6) is 5.75 Å². The summed E-state index contributed by atoms with van der Waals surface area (Å²) in [6, 6.07) is 8.26. The molecule has 1 N–H and O–H groups in total. The van der Waals surface area contributed by atoms with Crippen LogP contribution in [0.4, 0.5) is 0 Å². The van der Waals surface area contributed by atoms with E-state index in [0.29, 0.717) is 0 Å². The molecule has 20 heavy (non-hydrogen) atoms. The lowest BCUT2D eigenvalue weighted by molar-refractivity contribution is 0.185. The fraction of sp³-hybridized carbons (Fsp3) is 0.667. The van der Waals surface area contributed by atoms with Crippen LogP contribution in [0, 0.1) is 0 Å². The van der Waals surface area contributed by atoms with Gasteiger partial charge in [0.1, 0.15) is 5.75 Å². The standard InChI is InChI=1S/C18H30O2/c1-3-4-5-6-7-8-15-20-18-13-11-17(12-14-18)10-9-16(2)19/h11-14,16,19H,3-10,15H2,1-2H3. The van der Waals surface area contributed by atoms with Crippen LogP contribution in [-0.4, -0.2) is 17.8 Å². The second-order valence-electron chi connectivity index (χ2n) is 5.65. The Morgan fingerprint density at radius 3 is 2.30 bits per heavy atom. The van der Waals surface area contributed by atoms with E-state index in [1.165, 1.54) is 37.7 Å². The van der Waals surface area contributed by atoms with Crippen molar-refractivity contribution in [3.8, 4) is 5.75 Å². The molecule has 0 aliphatic rings. The number of unbranched alkanes of at least 4 members (excludes halogenated alkanes) is 5. The molecule has 2 nitrogen and oxygen atoms in total. The van der Waals surface area contributed by atoms with Gasteiger partial charge >= 0.3 is 0 Å². The van der Waals surface area contributed by atoms with E-state index < -0.39 is 0 Å². The zero-order valence-electron chi connectivity index (χ0n) is 13.1. The summed E-state index contributed by atoms with van der Waals surface area (Å²) in [6.45, 7) is 4.89. The second kappa shape index (κ2) is 10.7. The third-order valence-electron chi connectivity index (χ3n) is 3.54. The summed E-state index contributed by atoms with van der Waals surface area (Å²) in [7, 11) is 0. The molecule has 0 bridgehead atoms. The quantitative estimate of drug-likeness (QED) is 0.592. The lowest BCUT2D eigenvalue weighted by atomic mass is 10.1. The first kappa shape index (κ1) is 17.0. The highest BCUT2D eigenvalue weighted by molar-refractivity contribution is 5.27. The van der Waals surface area contributed by atoms with Crippen LogP contribution in [0.1, 0.15) is 64.4 Å². The molecule has 0 saturated heterocycles. The largest absolute Gasteiger partial charge is 0.494 e. The SMILES string of the molecule is CCCCCCCCOc1ccc(CCC(C)O)cc1. The first-order valence-electron chi connectivity index (χ1n) is 8.12. The minimum absolute atomic E-state index is 0.223. The van der Waals surface area contributed by atoms with E-state index in [2.05, 4.69) is 19.1 Å². The molecule has 1 rings (SSSR count). The van der Waals surface area contributed by atoms with Crippen LogP contribution in [-0.2, 0) is 6.42 Å². The van der Waals surface area contributed by atoms with Gasteiger partial charge in [-0.25, -0.2) is 0 Å². The Morgan fingerprint density at radius 2 is 1.65 bits per heavy atom. The van der Waals surface area contributed by atoms with Gasteiger partial charge in [-0.15, -0.1) is 0 Å².